The average molecular weight is 379 g/mol. The monoisotopic (exact) mass is 379 g/mol. The zero-order valence-corrected chi connectivity index (χ0v) is 15.9. The SMILES string of the molecule is COc1ccc(/C=C/C(=O)Nc2nnc(CCCc3ccccc3)s2)cc1. The third-order valence-corrected chi connectivity index (χ3v) is 4.84. The fourth-order valence-corrected chi connectivity index (χ4v) is 3.31. The Morgan fingerprint density at radius 1 is 1.07 bits per heavy atom. The van der Waals surface area contributed by atoms with Crippen LogP contribution >= 0.6 is 11.3 Å². The quantitative estimate of drug-likeness (QED) is 0.590. The van der Waals surface area contributed by atoms with Gasteiger partial charge in [-0.3, -0.25) is 10.1 Å². The lowest BCUT2D eigenvalue weighted by Crippen LogP contribution is -2.07. The van der Waals surface area contributed by atoms with E-state index in [0.717, 1.165) is 35.6 Å². The molecule has 3 aromatic rings. The van der Waals surface area contributed by atoms with E-state index in [1.807, 2.05) is 42.5 Å². The number of benzene rings is 2. The van der Waals surface area contributed by atoms with E-state index < -0.39 is 0 Å². The molecule has 0 fully saturated rings. The van der Waals surface area contributed by atoms with Gasteiger partial charge < -0.3 is 4.74 Å². The van der Waals surface area contributed by atoms with Crippen molar-refractivity contribution in [1.82, 2.24) is 10.2 Å². The lowest BCUT2D eigenvalue weighted by molar-refractivity contribution is -0.111. The highest BCUT2D eigenvalue weighted by Crippen LogP contribution is 2.18. The van der Waals surface area contributed by atoms with E-state index in [2.05, 4.69) is 27.6 Å². The van der Waals surface area contributed by atoms with Crippen molar-refractivity contribution < 1.29 is 9.53 Å². The number of rotatable bonds is 8. The van der Waals surface area contributed by atoms with E-state index in [4.69, 9.17) is 4.74 Å². The van der Waals surface area contributed by atoms with Gasteiger partial charge >= 0.3 is 0 Å². The average Bonchev–Trinajstić information content (AvgIpc) is 3.14. The predicted octanol–water partition coefficient (Wildman–Crippen LogP) is 4.37. The number of anilines is 1. The highest BCUT2D eigenvalue weighted by atomic mass is 32.1. The number of aryl methyl sites for hydroxylation is 2. The Bertz CT molecular complexity index is 889. The summed E-state index contributed by atoms with van der Waals surface area (Å²) >= 11 is 1.42. The van der Waals surface area contributed by atoms with E-state index in [-0.39, 0.29) is 5.91 Å². The Morgan fingerprint density at radius 2 is 1.85 bits per heavy atom. The summed E-state index contributed by atoms with van der Waals surface area (Å²) in [4.78, 5) is 12.0. The number of amides is 1. The summed E-state index contributed by atoms with van der Waals surface area (Å²) in [6.45, 7) is 0. The number of hydrogen-bond acceptors (Lipinski definition) is 5. The molecule has 2 aromatic carbocycles. The molecule has 0 spiro atoms. The summed E-state index contributed by atoms with van der Waals surface area (Å²) in [5.41, 5.74) is 2.24. The van der Waals surface area contributed by atoms with E-state index in [0.29, 0.717) is 5.13 Å². The number of nitrogens with one attached hydrogen (secondary N) is 1. The highest BCUT2D eigenvalue weighted by molar-refractivity contribution is 7.15. The van der Waals surface area contributed by atoms with Gasteiger partial charge in [-0.15, -0.1) is 10.2 Å². The van der Waals surface area contributed by atoms with Crippen LogP contribution in [0.3, 0.4) is 0 Å². The van der Waals surface area contributed by atoms with E-state index in [1.165, 1.54) is 23.0 Å². The Hall–Kier alpha value is -2.99. The molecule has 6 heteroatoms. The van der Waals surface area contributed by atoms with Gasteiger partial charge in [-0.25, -0.2) is 0 Å². The molecule has 0 saturated heterocycles. The van der Waals surface area contributed by atoms with Gasteiger partial charge in [0, 0.05) is 12.5 Å². The minimum atomic E-state index is -0.224. The first-order valence-electron chi connectivity index (χ1n) is 8.72. The van der Waals surface area contributed by atoms with Gasteiger partial charge in [-0.1, -0.05) is 53.8 Å². The van der Waals surface area contributed by atoms with Crippen molar-refractivity contribution >= 4 is 28.5 Å². The van der Waals surface area contributed by atoms with E-state index in [1.54, 1.807) is 13.2 Å². The van der Waals surface area contributed by atoms with Gasteiger partial charge in [0.1, 0.15) is 10.8 Å². The van der Waals surface area contributed by atoms with Crippen molar-refractivity contribution in [2.75, 3.05) is 12.4 Å². The van der Waals surface area contributed by atoms with E-state index >= 15 is 0 Å². The molecule has 3 rings (SSSR count). The van der Waals surface area contributed by atoms with Gasteiger partial charge in [0.25, 0.3) is 0 Å². The molecule has 5 nitrogen and oxygen atoms in total. The van der Waals surface area contributed by atoms with Gasteiger partial charge in [-0.2, -0.15) is 0 Å². The highest BCUT2D eigenvalue weighted by Gasteiger charge is 2.06. The summed E-state index contributed by atoms with van der Waals surface area (Å²) < 4.78 is 5.11. The zero-order chi connectivity index (χ0) is 18.9. The second kappa shape index (κ2) is 9.64. The fraction of sp³-hybridized carbons (Fsp3) is 0.190. The standard InChI is InChI=1S/C21H21N3O2S/c1-26-18-13-10-17(11-14-18)12-15-19(25)22-21-24-23-20(27-21)9-5-8-16-6-3-2-4-7-16/h2-4,6-7,10-15H,5,8-9H2,1H3,(H,22,24,25)/b15-12+. The molecule has 0 unspecified atom stereocenters. The Kier molecular flexibility index (Phi) is 6.71. The lowest BCUT2D eigenvalue weighted by atomic mass is 10.1. The second-order valence-corrected chi connectivity index (χ2v) is 7.00. The predicted molar refractivity (Wildman–Crippen MR) is 109 cm³/mol. The Labute approximate surface area is 162 Å². The van der Waals surface area contributed by atoms with Crippen molar-refractivity contribution in [1.29, 1.82) is 0 Å². The molecule has 0 aliphatic rings. The largest absolute Gasteiger partial charge is 0.497 e. The first-order chi connectivity index (χ1) is 13.2. The molecule has 0 saturated carbocycles. The third-order valence-electron chi connectivity index (χ3n) is 3.94. The van der Waals surface area contributed by atoms with Crippen molar-refractivity contribution in [3.63, 3.8) is 0 Å². The normalized spacial score (nSPS) is 10.9. The Morgan fingerprint density at radius 3 is 2.59 bits per heavy atom. The molecule has 0 atom stereocenters. The first kappa shape index (κ1) is 18.8. The van der Waals surface area contributed by atoms with Crippen LogP contribution in [-0.2, 0) is 17.6 Å². The van der Waals surface area contributed by atoms with Crippen LogP contribution < -0.4 is 10.1 Å². The number of aromatic nitrogens is 2. The third kappa shape index (κ3) is 6.04. The molecule has 27 heavy (non-hydrogen) atoms. The summed E-state index contributed by atoms with van der Waals surface area (Å²) in [7, 11) is 1.62. The maximum atomic E-state index is 12.0. The summed E-state index contributed by atoms with van der Waals surface area (Å²) in [6.07, 6.45) is 6.09. The van der Waals surface area contributed by atoms with Crippen molar-refractivity contribution in [3.05, 3.63) is 76.8 Å². The second-order valence-electron chi connectivity index (χ2n) is 5.94. The van der Waals surface area contributed by atoms with Gasteiger partial charge in [0.05, 0.1) is 7.11 Å². The fourth-order valence-electron chi connectivity index (χ4n) is 2.53. The molecular weight excluding hydrogens is 358 g/mol. The first-order valence-corrected chi connectivity index (χ1v) is 9.54. The van der Waals surface area contributed by atoms with Crippen molar-refractivity contribution in [2.24, 2.45) is 0 Å². The maximum absolute atomic E-state index is 12.0. The molecule has 0 aliphatic carbocycles. The van der Waals surface area contributed by atoms with Crippen LogP contribution in [0.1, 0.15) is 22.6 Å². The number of nitrogens with zero attached hydrogens (tertiary/aromatic N) is 2. The summed E-state index contributed by atoms with van der Waals surface area (Å²) in [6, 6.07) is 17.8. The molecule has 1 amide bonds. The molecule has 1 N–H and O–H groups in total. The van der Waals surface area contributed by atoms with Crippen LogP contribution in [0.5, 0.6) is 5.75 Å². The maximum Gasteiger partial charge on any atom is 0.250 e. The number of ether oxygens (including phenoxy) is 1. The molecule has 0 bridgehead atoms. The van der Waals surface area contributed by atoms with Gasteiger partial charge in [0.2, 0.25) is 11.0 Å². The van der Waals surface area contributed by atoms with Gasteiger partial charge in [0.15, 0.2) is 0 Å². The number of methoxy groups -OCH3 is 1. The number of carbonyl (C=O) groups excluding carboxylic acids is 1. The van der Waals surface area contributed by atoms with Crippen LogP contribution in [0.4, 0.5) is 5.13 Å². The van der Waals surface area contributed by atoms with Crippen LogP contribution in [0, 0.1) is 0 Å². The topological polar surface area (TPSA) is 64.1 Å². The lowest BCUT2D eigenvalue weighted by Gasteiger charge is -1.99. The summed E-state index contributed by atoms with van der Waals surface area (Å²) in [5, 5.41) is 12.4. The Balaban J connectivity index is 1.46. The summed E-state index contributed by atoms with van der Waals surface area (Å²) in [5.74, 6) is 0.558. The van der Waals surface area contributed by atoms with Crippen LogP contribution in [0.2, 0.25) is 0 Å². The van der Waals surface area contributed by atoms with Crippen LogP contribution in [0.25, 0.3) is 6.08 Å². The smallest absolute Gasteiger partial charge is 0.250 e. The van der Waals surface area contributed by atoms with Crippen LogP contribution in [-0.4, -0.2) is 23.2 Å². The molecule has 1 aromatic heterocycles. The molecule has 138 valence electrons. The minimum Gasteiger partial charge on any atom is -0.497 e. The number of carbonyl (C=O) groups is 1. The van der Waals surface area contributed by atoms with Crippen LogP contribution in [0.15, 0.2) is 60.7 Å². The molecular formula is C21H21N3O2S. The molecule has 0 aliphatic heterocycles. The molecule has 0 radical (unpaired) electrons. The van der Waals surface area contributed by atoms with Crippen molar-refractivity contribution in [2.45, 2.75) is 19.3 Å². The number of hydrogen-bond donors (Lipinski definition) is 1. The van der Waals surface area contributed by atoms with Gasteiger partial charge in [-0.05, 0) is 42.2 Å². The minimum absolute atomic E-state index is 0.224. The molecule has 1 heterocycles. The zero-order valence-electron chi connectivity index (χ0n) is 15.1. The van der Waals surface area contributed by atoms with Crippen molar-refractivity contribution in [3.8, 4) is 5.75 Å². The van der Waals surface area contributed by atoms with E-state index in [9.17, 15) is 4.79 Å².